The Morgan fingerprint density at radius 2 is 2.12 bits per heavy atom. The molecule has 1 nitrogen and oxygen atoms in total. The van der Waals surface area contributed by atoms with Crippen molar-refractivity contribution < 1.29 is 4.39 Å². The summed E-state index contributed by atoms with van der Waals surface area (Å²) in [5.41, 5.74) is 9.08. The van der Waals surface area contributed by atoms with Crippen LogP contribution in [-0.4, -0.2) is 6.04 Å². The summed E-state index contributed by atoms with van der Waals surface area (Å²) in [7, 11) is 0. The Morgan fingerprint density at radius 3 is 2.88 bits per heavy atom. The van der Waals surface area contributed by atoms with Crippen LogP contribution in [0.4, 0.5) is 4.39 Å². The fraction of sp³-hybridized carbons (Fsp3) is 0.429. The van der Waals surface area contributed by atoms with Crippen molar-refractivity contribution >= 4 is 5.57 Å². The molecule has 0 radical (unpaired) electrons. The summed E-state index contributed by atoms with van der Waals surface area (Å²) in [4.78, 5) is 0. The molecule has 86 valence electrons. The van der Waals surface area contributed by atoms with Crippen molar-refractivity contribution in [3.8, 4) is 0 Å². The maximum absolute atomic E-state index is 13.2. The smallest absolute Gasteiger partial charge is 0.126 e. The van der Waals surface area contributed by atoms with Gasteiger partial charge in [-0.05, 0) is 55.0 Å². The molecule has 1 atom stereocenters. The summed E-state index contributed by atoms with van der Waals surface area (Å²) < 4.78 is 13.2. The Hall–Kier alpha value is -1.15. The highest BCUT2D eigenvalue weighted by Crippen LogP contribution is 2.26. The number of nitrogens with two attached hydrogens (primary N) is 1. The van der Waals surface area contributed by atoms with Crippen molar-refractivity contribution in [2.24, 2.45) is 5.73 Å². The molecule has 0 bridgehead atoms. The van der Waals surface area contributed by atoms with Crippen LogP contribution in [0.5, 0.6) is 0 Å². The first-order valence-corrected chi connectivity index (χ1v) is 5.89. The van der Waals surface area contributed by atoms with Crippen LogP contribution in [0.2, 0.25) is 0 Å². The molecule has 0 fully saturated rings. The van der Waals surface area contributed by atoms with Gasteiger partial charge in [0.25, 0.3) is 0 Å². The number of hydrogen-bond donors (Lipinski definition) is 1. The van der Waals surface area contributed by atoms with Gasteiger partial charge in [0.2, 0.25) is 0 Å². The first kappa shape index (κ1) is 11.3. The highest BCUT2D eigenvalue weighted by molar-refractivity contribution is 5.67. The Labute approximate surface area is 96.2 Å². The quantitative estimate of drug-likeness (QED) is 0.769. The molecule has 2 N–H and O–H groups in total. The Balaban J connectivity index is 2.31. The van der Waals surface area contributed by atoms with E-state index < -0.39 is 0 Å². The van der Waals surface area contributed by atoms with Crippen molar-refractivity contribution in [1.82, 2.24) is 0 Å². The summed E-state index contributed by atoms with van der Waals surface area (Å²) in [5.74, 6) is -0.137. The summed E-state index contributed by atoms with van der Waals surface area (Å²) in [6, 6.07) is 5.47. The SMILES string of the molecule is Cc1cc(C2=CC(N)CCCC2)ccc1F. The van der Waals surface area contributed by atoms with E-state index in [4.69, 9.17) is 5.73 Å². The minimum Gasteiger partial charge on any atom is -0.324 e. The lowest BCUT2D eigenvalue weighted by molar-refractivity contribution is 0.618. The maximum Gasteiger partial charge on any atom is 0.126 e. The zero-order valence-corrected chi connectivity index (χ0v) is 9.67. The molecule has 0 amide bonds. The van der Waals surface area contributed by atoms with Crippen LogP contribution < -0.4 is 5.73 Å². The monoisotopic (exact) mass is 219 g/mol. The van der Waals surface area contributed by atoms with E-state index in [-0.39, 0.29) is 11.9 Å². The van der Waals surface area contributed by atoms with Gasteiger partial charge in [-0.25, -0.2) is 4.39 Å². The molecule has 1 aliphatic rings. The molecule has 2 heteroatoms. The van der Waals surface area contributed by atoms with Crippen molar-refractivity contribution in [3.63, 3.8) is 0 Å². The number of benzene rings is 1. The van der Waals surface area contributed by atoms with Gasteiger partial charge < -0.3 is 5.73 Å². The van der Waals surface area contributed by atoms with Gasteiger partial charge in [0.1, 0.15) is 5.82 Å². The van der Waals surface area contributed by atoms with E-state index in [1.54, 1.807) is 13.0 Å². The fourth-order valence-corrected chi connectivity index (χ4v) is 2.21. The lowest BCUT2D eigenvalue weighted by Crippen LogP contribution is -2.15. The fourth-order valence-electron chi connectivity index (χ4n) is 2.21. The molecule has 0 heterocycles. The lowest BCUT2D eigenvalue weighted by Gasteiger charge is -2.08. The van der Waals surface area contributed by atoms with Crippen LogP contribution in [0.1, 0.15) is 36.8 Å². The molecule has 0 saturated carbocycles. The largest absolute Gasteiger partial charge is 0.324 e. The van der Waals surface area contributed by atoms with Gasteiger partial charge in [-0.2, -0.15) is 0 Å². The minimum absolute atomic E-state index is 0.137. The minimum atomic E-state index is -0.137. The van der Waals surface area contributed by atoms with Crippen molar-refractivity contribution in [1.29, 1.82) is 0 Å². The molecule has 1 aliphatic carbocycles. The van der Waals surface area contributed by atoms with Gasteiger partial charge in [0.15, 0.2) is 0 Å². The zero-order chi connectivity index (χ0) is 11.5. The predicted octanol–water partition coefficient (Wildman–Crippen LogP) is 3.42. The Morgan fingerprint density at radius 1 is 1.31 bits per heavy atom. The molecule has 1 unspecified atom stereocenters. The molecule has 0 spiro atoms. The first-order valence-electron chi connectivity index (χ1n) is 5.89. The number of allylic oxidation sites excluding steroid dienone is 1. The predicted molar refractivity (Wildman–Crippen MR) is 65.6 cm³/mol. The summed E-state index contributed by atoms with van der Waals surface area (Å²) in [6.07, 6.45) is 6.61. The third-order valence-electron chi connectivity index (χ3n) is 3.18. The molecule has 0 aromatic heterocycles. The molecule has 16 heavy (non-hydrogen) atoms. The number of halogens is 1. The highest BCUT2D eigenvalue weighted by atomic mass is 19.1. The normalized spacial score (nSPS) is 21.4. The van der Waals surface area contributed by atoms with Crippen LogP contribution in [0.3, 0.4) is 0 Å². The summed E-state index contributed by atoms with van der Waals surface area (Å²) in [6.45, 7) is 1.80. The molecule has 1 aromatic rings. The van der Waals surface area contributed by atoms with Gasteiger partial charge in [0, 0.05) is 6.04 Å². The summed E-state index contributed by atoms with van der Waals surface area (Å²) >= 11 is 0. The topological polar surface area (TPSA) is 26.0 Å². The van der Waals surface area contributed by atoms with Crippen LogP contribution in [0.15, 0.2) is 24.3 Å². The van der Waals surface area contributed by atoms with E-state index in [0.29, 0.717) is 5.56 Å². The van der Waals surface area contributed by atoms with Gasteiger partial charge >= 0.3 is 0 Å². The first-order chi connectivity index (χ1) is 7.66. The number of hydrogen-bond acceptors (Lipinski definition) is 1. The average molecular weight is 219 g/mol. The Kier molecular flexibility index (Phi) is 3.39. The third kappa shape index (κ3) is 2.50. The third-order valence-corrected chi connectivity index (χ3v) is 3.18. The van der Waals surface area contributed by atoms with Gasteiger partial charge in [-0.15, -0.1) is 0 Å². The van der Waals surface area contributed by atoms with Gasteiger partial charge in [-0.3, -0.25) is 0 Å². The van der Waals surface area contributed by atoms with Crippen LogP contribution in [0.25, 0.3) is 5.57 Å². The van der Waals surface area contributed by atoms with Crippen molar-refractivity contribution in [3.05, 3.63) is 41.2 Å². The molecule has 0 aliphatic heterocycles. The van der Waals surface area contributed by atoms with E-state index in [1.165, 1.54) is 18.4 Å². The molecule has 1 aromatic carbocycles. The van der Waals surface area contributed by atoms with Crippen molar-refractivity contribution in [2.75, 3.05) is 0 Å². The Bertz CT molecular complexity index is 409. The van der Waals surface area contributed by atoms with E-state index in [9.17, 15) is 4.39 Å². The van der Waals surface area contributed by atoms with E-state index in [0.717, 1.165) is 18.4 Å². The van der Waals surface area contributed by atoms with Gasteiger partial charge in [0.05, 0.1) is 0 Å². The molecule has 2 rings (SSSR count). The second kappa shape index (κ2) is 4.79. The lowest BCUT2D eigenvalue weighted by atomic mass is 9.99. The number of rotatable bonds is 1. The average Bonchev–Trinajstić information content (AvgIpc) is 2.47. The second-order valence-corrected chi connectivity index (χ2v) is 4.57. The van der Waals surface area contributed by atoms with Gasteiger partial charge in [-0.1, -0.05) is 18.6 Å². The maximum atomic E-state index is 13.2. The van der Waals surface area contributed by atoms with Crippen LogP contribution >= 0.6 is 0 Å². The second-order valence-electron chi connectivity index (χ2n) is 4.57. The standard InChI is InChI=1S/C14H18FN/c1-10-8-12(6-7-14(10)15)11-4-2-3-5-13(16)9-11/h6-9,13H,2-5,16H2,1H3. The van der Waals surface area contributed by atoms with E-state index in [1.807, 2.05) is 12.1 Å². The highest BCUT2D eigenvalue weighted by Gasteiger charge is 2.10. The van der Waals surface area contributed by atoms with Crippen molar-refractivity contribution in [2.45, 2.75) is 38.6 Å². The zero-order valence-electron chi connectivity index (χ0n) is 9.67. The number of aryl methyl sites for hydroxylation is 1. The van der Waals surface area contributed by atoms with Crippen LogP contribution in [0, 0.1) is 12.7 Å². The summed E-state index contributed by atoms with van der Waals surface area (Å²) in [5, 5.41) is 0. The van der Waals surface area contributed by atoms with E-state index in [2.05, 4.69) is 6.08 Å². The molecule has 0 saturated heterocycles. The van der Waals surface area contributed by atoms with Crippen LogP contribution in [-0.2, 0) is 0 Å². The molecular weight excluding hydrogens is 201 g/mol. The molecular formula is C14H18FN. The van der Waals surface area contributed by atoms with E-state index >= 15 is 0 Å².